The highest BCUT2D eigenvalue weighted by Crippen LogP contribution is 2.28. The summed E-state index contributed by atoms with van der Waals surface area (Å²) >= 11 is 0. The second kappa shape index (κ2) is 5.10. The highest BCUT2D eigenvalue weighted by Gasteiger charge is 2.22. The maximum atomic E-state index is 9.23. The van der Waals surface area contributed by atoms with E-state index >= 15 is 0 Å². The van der Waals surface area contributed by atoms with Crippen molar-refractivity contribution in [2.75, 3.05) is 0 Å². The average Bonchev–Trinajstić information content (AvgIpc) is 2.05. The van der Waals surface area contributed by atoms with Crippen LogP contribution in [0.5, 0.6) is 11.5 Å². The van der Waals surface area contributed by atoms with Crippen LogP contribution in [0.3, 0.4) is 0 Å². The Morgan fingerprint density at radius 1 is 0.933 bits per heavy atom. The topological polar surface area (TPSA) is 121 Å². The molecule has 86 valence electrons. The first-order chi connectivity index (χ1) is 6.63. The Morgan fingerprint density at radius 3 is 1.67 bits per heavy atom. The second-order valence-electron chi connectivity index (χ2n) is 2.98. The van der Waals surface area contributed by atoms with Gasteiger partial charge in [-0.25, -0.2) is 0 Å². The number of hydrogen-bond donors (Lipinski definition) is 6. The van der Waals surface area contributed by atoms with Crippen LogP contribution in [0, 0.1) is 13.8 Å². The average molecular weight is 234 g/mol. The van der Waals surface area contributed by atoms with Crippen LogP contribution in [0.15, 0.2) is 12.1 Å². The SMILES string of the molecule is Cc1ccc(O)c(C)c1O.O[Si](O)(O)O. The molecule has 6 N–H and O–H groups in total. The molecule has 0 radical (unpaired) electrons. The first-order valence-electron chi connectivity index (χ1n) is 4.00. The van der Waals surface area contributed by atoms with Gasteiger partial charge in [0.25, 0.3) is 0 Å². The van der Waals surface area contributed by atoms with Crippen molar-refractivity contribution in [1.29, 1.82) is 0 Å². The van der Waals surface area contributed by atoms with E-state index in [9.17, 15) is 5.11 Å². The molecule has 0 unspecified atom stereocenters. The summed E-state index contributed by atoms with van der Waals surface area (Å²) in [5.41, 5.74) is 1.33. The minimum Gasteiger partial charge on any atom is -0.508 e. The molecule has 0 heterocycles. The summed E-state index contributed by atoms with van der Waals surface area (Å²) in [5, 5.41) is 18.3. The van der Waals surface area contributed by atoms with Crippen molar-refractivity contribution in [2.45, 2.75) is 13.8 Å². The molecule has 0 atom stereocenters. The number of rotatable bonds is 0. The van der Waals surface area contributed by atoms with Crippen molar-refractivity contribution in [2.24, 2.45) is 0 Å². The monoisotopic (exact) mass is 234 g/mol. The van der Waals surface area contributed by atoms with Gasteiger partial charge in [-0.3, -0.25) is 0 Å². The number of hydrogen-bond acceptors (Lipinski definition) is 6. The maximum Gasteiger partial charge on any atom is 0.668 e. The zero-order chi connectivity index (χ0) is 12.2. The van der Waals surface area contributed by atoms with Gasteiger partial charge in [0.1, 0.15) is 11.5 Å². The first-order valence-corrected chi connectivity index (χ1v) is 5.79. The van der Waals surface area contributed by atoms with Gasteiger partial charge in [-0.2, -0.15) is 0 Å². The summed E-state index contributed by atoms with van der Waals surface area (Å²) in [6, 6.07) is 3.25. The molecular weight excluding hydrogens is 220 g/mol. The van der Waals surface area contributed by atoms with Crippen molar-refractivity contribution >= 4 is 9.05 Å². The molecule has 0 bridgehead atoms. The lowest BCUT2D eigenvalue weighted by molar-refractivity contribution is 0.117. The van der Waals surface area contributed by atoms with Gasteiger partial charge in [0, 0.05) is 5.56 Å². The summed E-state index contributed by atoms with van der Waals surface area (Å²) in [6.45, 7) is 3.47. The van der Waals surface area contributed by atoms with Crippen molar-refractivity contribution in [3.05, 3.63) is 23.3 Å². The highest BCUT2D eigenvalue weighted by atomic mass is 28.4. The summed E-state index contributed by atoms with van der Waals surface area (Å²) < 4.78 is 0. The van der Waals surface area contributed by atoms with Crippen molar-refractivity contribution < 1.29 is 29.4 Å². The molecule has 0 saturated heterocycles. The summed E-state index contributed by atoms with van der Waals surface area (Å²) in [6.07, 6.45) is 0. The van der Waals surface area contributed by atoms with Gasteiger partial charge < -0.3 is 29.4 Å². The van der Waals surface area contributed by atoms with Gasteiger partial charge in [0.05, 0.1) is 0 Å². The van der Waals surface area contributed by atoms with Gasteiger partial charge in [-0.05, 0) is 25.5 Å². The van der Waals surface area contributed by atoms with Crippen molar-refractivity contribution in [3.8, 4) is 11.5 Å². The third-order valence-corrected chi connectivity index (χ3v) is 1.60. The Kier molecular flexibility index (Phi) is 4.72. The van der Waals surface area contributed by atoms with E-state index < -0.39 is 9.05 Å². The molecule has 0 saturated carbocycles. The molecule has 6 nitrogen and oxygen atoms in total. The Hall–Kier alpha value is -1.12. The van der Waals surface area contributed by atoms with Gasteiger partial charge >= 0.3 is 9.05 Å². The Balaban J connectivity index is 0.000000336. The van der Waals surface area contributed by atoms with Crippen LogP contribution >= 0.6 is 0 Å². The zero-order valence-electron chi connectivity index (χ0n) is 8.34. The molecule has 0 aliphatic heterocycles. The molecule has 0 aliphatic rings. The van der Waals surface area contributed by atoms with E-state index in [-0.39, 0.29) is 11.5 Å². The van der Waals surface area contributed by atoms with Crippen LogP contribution in [0.25, 0.3) is 0 Å². The van der Waals surface area contributed by atoms with Crippen LogP contribution in [0.1, 0.15) is 11.1 Å². The van der Waals surface area contributed by atoms with Gasteiger partial charge in [0.2, 0.25) is 0 Å². The number of benzene rings is 1. The quantitative estimate of drug-likeness (QED) is 0.324. The molecule has 0 fully saturated rings. The second-order valence-corrected chi connectivity index (χ2v) is 4.18. The molecule has 0 spiro atoms. The number of aryl methyl sites for hydroxylation is 1. The molecule has 1 aromatic rings. The lowest BCUT2D eigenvalue weighted by Gasteiger charge is -2.03. The maximum absolute atomic E-state index is 9.23. The molecule has 1 aromatic carbocycles. The van der Waals surface area contributed by atoms with Crippen molar-refractivity contribution in [3.63, 3.8) is 0 Å². The molecule has 15 heavy (non-hydrogen) atoms. The molecule has 0 aliphatic carbocycles. The zero-order valence-corrected chi connectivity index (χ0v) is 9.34. The Morgan fingerprint density at radius 2 is 1.33 bits per heavy atom. The molecule has 0 aromatic heterocycles. The largest absolute Gasteiger partial charge is 0.668 e. The summed E-state index contributed by atoms with van der Waals surface area (Å²) in [7, 11) is -4.61. The fourth-order valence-corrected chi connectivity index (χ4v) is 0.825. The lowest BCUT2D eigenvalue weighted by atomic mass is 10.1. The minimum absolute atomic E-state index is 0.142. The van der Waals surface area contributed by atoms with Crippen LogP contribution in [0.2, 0.25) is 0 Å². The predicted octanol–water partition coefficient (Wildman–Crippen LogP) is -0.894. The fourth-order valence-electron chi connectivity index (χ4n) is 0.825. The number of phenols is 2. The smallest absolute Gasteiger partial charge is 0.508 e. The van der Waals surface area contributed by atoms with E-state index in [0.717, 1.165) is 5.56 Å². The first kappa shape index (κ1) is 13.9. The van der Waals surface area contributed by atoms with E-state index in [1.54, 1.807) is 26.0 Å². The van der Waals surface area contributed by atoms with E-state index in [4.69, 9.17) is 24.3 Å². The van der Waals surface area contributed by atoms with Gasteiger partial charge in [0.15, 0.2) is 0 Å². The Labute approximate surface area is 87.8 Å². The summed E-state index contributed by atoms with van der Waals surface area (Å²) in [4.78, 5) is 29.3. The lowest BCUT2D eigenvalue weighted by Crippen LogP contribution is -2.33. The van der Waals surface area contributed by atoms with E-state index in [2.05, 4.69) is 0 Å². The number of aromatic hydroxyl groups is 2. The van der Waals surface area contributed by atoms with E-state index in [0.29, 0.717) is 5.56 Å². The third-order valence-electron chi connectivity index (χ3n) is 1.60. The van der Waals surface area contributed by atoms with Gasteiger partial charge in [-0.1, -0.05) is 6.07 Å². The van der Waals surface area contributed by atoms with E-state index in [1.807, 2.05) is 0 Å². The highest BCUT2D eigenvalue weighted by molar-refractivity contribution is 6.46. The third kappa shape index (κ3) is 6.04. The standard InChI is InChI=1S/C8H10O2.H4O4Si/c1-5-3-4-7(9)6(2)8(5)10;1-5(2,3)4/h3-4,9-10H,1-2H3;1-4H. The Bertz CT molecular complexity index is 300. The van der Waals surface area contributed by atoms with E-state index in [1.165, 1.54) is 0 Å². The minimum atomic E-state index is -4.61. The molecule has 1 rings (SSSR count). The fraction of sp³-hybridized carbons (Fsp3) is 0.250. The summed E-state index contributed by atoms with van der Waals surface area (Å²) in [5.74, 6) is 0.322. The van der Waals surface area contributed by atoms with Gasteiger partial charge in [-0.15, -0.1) is 0 Å². The number of phenolic OH excluding ortho intramolecular Hbond substituents is 2. The van der Waals surface area contributed by atoms with Crippen LogP contribution in [0.4, 0.5) is 0 Å². The van der Waals surface area contributed by atoms with Crippen molar-refractivity contribution in [1.82, 2.24) is 0 Å². The normalized spacial score (nSPS) is 10.5. The molecular formula is C8H14O6Si. The van der Waals surface area contributed by atoms with Crippen LogP contribution in [-0.2, 0) is 0 Å². The molecule has 7 heteroatoms. The van der Waals surface area contributed by atoms with Crippen LogP contribution < -0.4 is 0 Å². The molecule has 0 amide bonds. The predicted molar refractivity (Wildman–Crippen MR) is 53.9 cm³/mol. The van der Waals surface area contributed by atoms with Crippen LogP contribution in [-0.4, -0.2) is 38.4 Å².